The second-order valence-electron chi connectivity index (χ2n) is 7.91. The van der Waals surface area contributed by atoms with Crippen LogP contribution in [0.1, 0.15) is 34.7 Å². The van der Waals surface area contributed by atoms with Gasteiger partial charge in [0.1, 0.15) is 0 Å². The number of benzene rings is 2. The zero-order valence-corrected chi connectivity index (χ0v) is 19.0. The van der Waals surface area contributed by atoms with Gasteiger partial charge in [-0.15, -0.1) is 0 Å². The van der Waals surface area contributed by atoms with Crippen LogP contribution in [0.15, 0.2) is 24.3 Å². The molecule has 0 aromatic heterocycles. The molecule has 0 radical (unpaired) electrons. The van der Waals surface area contributed by atoms with Crippen molar-refractivity contribution in [1.29, 1.82) is 0 Å². The smallest absolute Gasteiger partial charge is 0.161 e. The van der Waals surface area contributed by atoms with Crippen LogP contribution in [0, 0.1) is 6.92 Å². The van der Waals surface area contributed by atoms with Crippen molar-refractivity contribution in [2.75, 3.05) is 55.1 Å². The Morgan fingerprint density at radius 2 is 1.53 bits per heavy atom. The topological polar surface area (TPSA) is 52.2 Å². The Bertz CT molecular complexity index is 867. The standard InChI is InChI=1S/C24H34N2O4/c1-16-12-20(27-4)22(29-6)14-18(16)24-19-15-23(30-11-7-10-26(2)3)21(28-5)13-17(19)8-9-25-24/h12-15,24-25H,7-11H2,1-6H3. The van der Waals surface area contributed by atoms with Gasteiger partial charge in [-0.2, -0.15) is 0 Å². The first-order valence-electron chi connectivity index (χ1n) is 10.4. The molecular formula is C24H34N2O4. The van der Waals surface area contributed by atoms with E-state index in [0.29, 0.717) is 6.61 Å². The van der Waals surface area contributed by atoms with Crippen molar-refractivity contribution >= 4 is 0 Å². The molecule has 0 bridgehead atoms. The number of ether oxygens (including phenoxy) is 4. The molecule has 0 fully saturated rings. The van der Waals surface area contributed by atoms with Gasteiger partial charge >= 0.3 is 0 Å². The van der Waals surface area contributed by atoms with E-state index >= 15 is 0 Å². The second kappa shape index (κ2) is 10.0. The first-order valence-corrected chi connectivity index (χ1v) is 10.4. The zero-order valence-electron chi connectivity index (χ0n) is 19.0. The fraction of sp³-hybridized carbons (Fsp3) is 0.500. The van der Waals surface area contributed by atoms with Gasteiger partial charge in [-0.3, -0.25) is 0 Å². The number of rotatable bonds is 9. The summed E-state index contributed by atoms with van der Waals surface area (Å²) >= 11 is 0. The lowest BCUT2D eigenvalue weighted by Crippen LogP contribution is -2.31. The van der Waals surface area contributed by atoms with Crippen LogP contribution in [0.3, 0.4) is 0 Å². The predicted molar refractivity (Wildman–Crippen MR) is 119 cm³/mol. The SMILES string of the molecule is COc1cc(C)c(C2NCCc3cc(OC)c(OCCCN(C)C)cc32)cc1OC. The molecule has 1 unspecified atom stereocenters. The summed E-state index contributed by atoms with van der Waals surface area (Å²) in [5, 5.41) is 3.67. The predicted octanol–water partition coefficient (Wildman–Crippen LogP) is 3.59. The van der Waals surface area contributed by atoms with Crippen LogP contribution < -0.4 is 24.3 Å². The van der Waals surface area contributed by atoms with Crippen LogP contribution in [0.25, 0.3) is 0 Å². The van der Waals surface area contributed by atoms with E-state index < -0.39 is 0 Å². The molecular weight excluding hydrogens is 380 g/mol. The van der Waals surface area contributed by atoms with E-state index in [1.807, 2.05) is 6.07 Å². The van der Waals surface area contributed by atoms with Crippen molar-refractivity contribution in [3.63, 3.8) is 0 Å². The van der Waals surface area contributed by atoms with E-state index in [9.17, 15) is 0 Å². The highest BCUT2D eigenvalue weighted by molar-refractivity contribution is 5.55. The molecule has 0 aliphatic carbocycles. The Hall–Kier alpha value is -2.44. The Morgan fingerprint density at radius 1 is 0.900 bits per heavy atom. The van der Waals surface area contributed by atoms with E-state index in [1.165, 1.54) is 16.7 Å². The summed E-state index contributed by atoms with van der Waals surface area (Å²) in [6.07, 6.45) is 1.92. The van der Waals surface area contributed by atoms with E-state index in [1.54, 1.807) is 21.3 Å². The highest BCUT2D eigenvalue weighted by Gasteiger charge is 2.26. The van der Waals surface area contributed by atoms with Gasteiger partial charge in [0, 0.05) is 13.1 Å². The highest BCUT2D eigenvalue weighted by atomic mass is 16.5. The molecule has 30 heavy (non-hydrogen) atoms. The maximum atomic E-state index is 6.12. The Morgan fingerprint density at radius 3 is 2.20 bits per heavy atom. The number of nitrogens with one attached hydrogen (secondary N) is 1. The average Bonchev–Trinajstić information content (AvgIpc) is 2.75. The van der Waals surface area contributed by atoms with Gasteiger partial charge in [-0.05, 0) is 80.4 Å². The molecule has 2 aromatic carbocycles. The van der Waals surface area contributed by atoms with Crippen molar-refractivity contribution in [1.82, 2.24) is 10.2 Å². The van der Waals surface area contributed by atoms with Gasteiger partial charge in [0.05, 0.1) is 34.0 Å². The zero-order chi connectivity index (χ0) is 21.7. The number of hydrogen-bond acceptors (Lipinski definition) is 6. The third-order valence-electron chi connectivity index (χ3n) is 5.57. The minimum atomic E-state index is 0.0589. The second-order valence-corrected chi connectivity index (χ2v) is 7.91. The van der Waals surface area contributed by atoms with Gasteiger partial charge in [-0.1, -0.05) is 0 Å². The minimum absolute atomic E-state index is 0.0589. The molecule has 1 aliphatic heterocycles. The van der Waals surface area contributed by atoms with Gasteiger partial charge in [0.2, 0.25) is 0 Å². The summed E-state index contributed by atoms with van der Waals surface area (Å²) in [7, 11) is 9.18. The first kappa shape index (κ1) is 22.2. The minimum Gasteiger partial charge on any atom is -0.493 e. The molecule has 0 amide bonds. The molecule has 3 rings (SSSR count). The third-order valence-corrected chi connectivity index (χ3v) is 5.57. The summed E-state index contributed by atoms with van der Waals surface area (Å²) < 4.78 is 22.8. The molecule has 164 valence electrons. The lowest BCUT2D eigenvalue weighted by molar-refractivity contribution is 0.267. The normalized spacial score (nSPS) is 15.6. The van der Waals surface area contributed by atoms with Crippen molar-refractivity contribution in [3.8, 4) is 23.0 Å². The average molecular weight is 415 g/mol. The summed E-state index contributed by atoms with van der Waals surface area (Å²) in [6, 6.07) is 8.43. The summed E-state index contributed by atoms with van der Waals surface area (Å²) in [5.41, 5.74) is 4.84. The van der Waals surface area contributed by atoms with Crippen molar-refractivity contribution in [2.45, 2.75) is 25.8 Å². The Kier molecular flexibility index (Phi) is 7.45. The molecule has 1 N–H and O–H groups in total. The van der Waals surface area contributed by atoms with Crippen molar-refractivity contribution < 1.29 is 18.9 Å². The van der Waals surface area contributed by atoms with E-state index in [0.717, 1.165) is 54.5 Å². The fourth-order valence-electron chi connectivity index (χ4n) is 3.98. The summed E-state index contributed by atoms with van der Waals surface area (Å²) in [4.78, 5) is 2.16. The number of nitrogens with zero attached hydrogens (tertiary/aromatic N) is 1. The highest BCUT2D eigenvalue weighted by Crippen LogP contribution is 2.40. The van der Waals surface area contributed by atoms with Gasteiger partial charge in [-0.25, -0.2) is 0 Å². The molecule has 0 saturated carbocycles. The van der Waals surface area contributed by atoms with Crippen LogP contribution >= 0.6 is 0 Å². The quantitative estimate of drug-likeness (QED) is 0.633. The Balaban J connectivity index is 1.95. The number of hydrogen-bond donors (Lipinski definition) is 1. The monoisotopic (exact) mass is 414 g/mol. The van der Waals surface area contributed by atoms with Crippen LogP contribution in [0.4, 0.5) is 0 Å². The van der Waals surface area contributed by atoms with E-state index in [4.69, 9.17) is 18.9 Å². The summed E-state index contributed by atoms with van der Waals surface area (Å²) in [5.74, 6) is 3.07. The molecule has 0 spiro atoms. The largest absolute Gasteiger partial charge is 0.493 e. The van der Waals surface area contributed by atoms with Crippen LogP contribution in [-0.2, 0) is 6.42 Å². The number of aryl methyl sites for hydroxylation is 1. The van der Waals surface area contributed by atoms with Crippen molar-refractivity contribution in [3.05, 3.63) is 46.5 Å². The van der Waals surface area contributed by atoms with Gasteiger partial charge < -0.3 is 29.2 Å². The van der Waals surface area contributed by atoms with E-state index in [-0.39, 0.29) is 6.04 Å². The number of fused-ring (bicyclic) bond motifs is 1. The molecule has 2 aromatic rings. The number of methoxy groups -OCH3 is 3. The first-order chi connectivity index (χ1) is 14.5. The molecule has 1 aliphatic rings. The molecule has 0 saturated heterocycles. The molecule has 1 atom stereocenters. The summed E-state index contributed by atoms with van der Waals surface area (Å²) in [6.45, 7) is 4.65. The van der Waals surface area contributed by atoms with Crippen LogP contribution in [-0.4, -0.2) is 60.0 Å². The molecule has 6 nitrogen and oxygen atoms in total. The van der Waals surface area contributed by atoms with E-state index in [2.05, 4.69) is 49.4 Å². The maximum absolute atomic E-state index is 6.12. The third kappa shape index (κ3) is 4.82. The van der Waals surface area contributed by atoms with Gasteiger partial charge in [0.15, 0.2) is 23.0 Å². The Labute approximate surface area is 180 Å². The van der Waals surface area contributed by atoms with Crippen LogP contribution in [0.5, 0.6) is 23.0 Å². The molecule has 6 heteroatoms. The fourth-order valence-corrected chi connectivity index (χ4v) is 3.98. The lowest BCUT2D eigenvalue weighted by atomic mass is 9.87. The van der Waals surface area contributed by atoms with Crippen molar-refractivity contribution in [2.24, 2.45) is 0 Å². The van der Waals surface area contributed by atoms with Crippen LogP contribution in [0.2, 0.25) is 0 Å². The van der Waals surface area contributed by atoms with Gasteiger partial charge in [0.25, 0.3) is 0 Å². The maximum Gasteiger partial charge on any atom is 0.161 e. The lowest BCUT2D eigenvalue weighted by Gasteiger charge is -2.30. The molecule has 1 heterocycles.